The summed E-state index contributed by atoms with van der Waals surface area (Å²) in [5.74, 6) is 0.141. The van der Waals surface area contributed by atoms with Crippen LogP contribution in [0.25, 0.3) is 0 Å². The number of rotatable bonds is 3. The fourth-order valence-corrected chi connectivity index (χ4v) is 1.10. The van der Waals surface area contributed by atoms with Crippen LogP contribution in [0.2, 0.25) is 0 Å². The second-order valence-corrected chi connectivity index (χ2v) is 3.24. The molecule has 0 aliphatic heterocycles. The zero-order valence-corrected chi connectivity index (χ0v) is 8.29. The maximum atomic E-state index is 11.6. The minimum absolute atomic E-state index is 0.109. The predicted octanol–water partition coefficient (Wildman–Crippen LogP) is 1.79. The van der Waals surface area contributed by atoms with Gasteiger partial charge in [0.1, 0.15) is 0 Å². The van der Waals surface area contributed by atoms with Crippen molar-refractivity contribution in [3.63, 3.8) is 0 Å². The van der Waals surface area contributed by atoms with E-state index in [2.05, 4.69) is 5.32 Å². The SMILES string of the molecule is CN[C@H](C)C(=O)c1ccc(C)cc1. The first-order valence-electron chi connectivity index (χ1n) is 4.43. The van der Waals surface area contributed by atoms with E-state index < -0.39 is 0 Å². The summed E-state index contributed by atoms with van der Waals surface area (Å²) in [6.45, 7) is 3.87. The van der Waals surface area contributed by atoms with Crippen LogP contribution >= 0.6 is 0 Å². The van der Waals surface area contributed by atoms with Crippen molar-refractivity contribution in [2.75, 3.05) is 7.05 Å². The summed E-state index contributed by atoms with van der Waals surface area (Å²) in [6.07, 6.45) is 0. The van der Waals surface area contributed by atoms with Crippen LogP contribution in [0.15, 0.2) is 24.3 Å². The van der Waals surface area contributed by atoms with Crippen molar-refractivity contribution < 1.29 is 4.79 Å². The standard InChI is InChI=1S/C11H15NO/c1-8-4-6-10(7-5-8)11(13)9(2)12-3/h4-7,9,12H,1-3H3/t9-/m1/s1. The van der Waals surface area contributed by atoms with Gasteiger partial charge in [-0.15, -0.1) is 0 Å². The summed E-state index contributed by atoms with van der Waals surface area (Å²) in [6, 6.07) is 7.53. The van der Waals surface area contributed by atoms with Crippen molar-refractivity contribution in [2.24, 2.45) is 0 Å². The fraction of sp³-hybridized carbons (Fsp3) is 0.364. The minimum Gasteiger partial charge on any atom is -0.310 e. The summed E-state index contributed by atoms with van der Waals surface area (Å²) in [5.41, 5.74) is 1.95. The zero-order chi connectivity index (χ0) is 9.84. The van der Waals surface area contributed by atoms with Gasteiger partial charge >= 0.3 is 0 Å². The number of hydrogen-bond donors (Lipinski definition) is 1. The molecule has 0 saturated heterocycles. The molecule has 1 aromatic carbocycles. The lowest BCUT2D eigenvalue weighted by molar-refractivity contribution is 0.0955. The molecule has 0 spiro atoms. The molecule has 0 aliphatic rings. The lowest BCUT2D eigenvalue weighted by Crippen LogP contribution is -2.30. The fourth-order valence-electron chi connectivity index (χ4n) is 1.10. The van der Waals surface area contributed by atoms with E-state index >= 15 is 0 Å². The van der Waals surface area contributed by atoms with Gasteiger partial charge in [0.05, 0.1) is 6.04 Å². The molecule has 2 heteroatoms. The van der Waals surface area contributed by atoms with Gasteiger partial charge < -0.3 is 5.32 Å². The van der Waals surface area contributed by atoms with Crippen LogP contribution in [0.5, 0.6) is 0 Å². The van der Waals surface area contributed by atoms with Gasteiger partial charge in [-0.2, -0.15) is 0 Å². The van der Waals surface area contributed by atoms with Gasteiger partial charge in [0.15, 0.2) is 5.78 Å². The summed E-state index contributed by atoms with van der Waals surface area (Å²) >= 11 is 0. The third kappa shape index (κ3) is 2.39. The summed E-state index contributed by atoms with van der Waals surface area (Å²) < 4.78 is 0. The van der Waals surface area contributed by atoms with Crippen molar-refractivity contribution in [2.45, 2.75) is 19.9 Å². The monoisotopic (exact) mass is 177 g/mol. The van der Waals surface area contributed by atoms with Crippen molar-refractivity contribution in [1.29, 1.82) is 0 Å². The topological polar surface area (TPSA) is 29.1 Å². The number of hydrogen-bond acceptors (Lipinski definition) is 2. The lowest BCUT2D eigenvalue weighted by atomic mass is 10.0. The highest BCUT2D eigenvalue weighted by atomic mass is 16.1. The Labute approximate surface area is 79.0 Å². The highest BCUT2D eigenvalue weighted by Crippen LogP contribution is 2.05. The molecule has 0 aromatic heterocycles. The van der Waals surface area contributed by atoms with E-state index in [-0.39, 0.29) is 11.8 Å². The number of Topliss-reactive ketones (excluding diaryl/α,β-unsaturated/α-hetero) is 1. The van der Waals surface area contributed by atoms with Crippen molar-refractivity contribution in [1.82, 2.24) is 5.32 Å². The van der Waals surface area contributed by atoms with Gasteiger partial charge in [0, 0.05) is 5.56 Å². The second-order valence-electron chi connectivity index (χ2n) is 3.24. The molecule has 0 bridgehead atoms. The van der Waals surface area contributed by atoms with E-state index in [4.69, 9.17) is 0 Å². The molecule has 0 radical (unpaired) electrons. The predicted molar refractivity (Wildman–Crippen MR) is 54.0 cm³/mol. The number of ketones is 1. The first-order chi connectivity index (χ1) is 6.15. The van der Waals surface area contributed by atoms with Gasteiger partial charge in [-0.25, -0.2) is 0 Å². The molecule has 0 unspecified atom stereocenters. The lowest BCUT2D eigenvalue weighted by Gasteiger charge is -2.08. The Kier molecular flexibility index (Phi) is 3.20. The molecule has 1 rings (SSSR count). The second kappa shape index (κ2) is 4.19. The molecule has 0 fully saturated rings. The van der Waals surface area contributed by atoms with Crippen LogP contribution in [0.1, 0.15) is 22.8 Å². The molecule has 1 atom stereocenters. The smallest absolute Gasteiger partial charge is 0.179 e. The van der Waals surface area contributed by atoms with Gasteiger partial charge in [0.2, 0.25) is 0 Å². The van der Waals surface area contributed by atoms with Crippen LogP contribution in [-0.4, -0.2) is 18.9 Å². The molecule has 0 heterocycles. The normalized spacial score (nSPS) is 12.5. The van der Waals surface area contributed by atoms with E-state index in [1.165, 1.54) is 5.56 Å². The maximum Gasteiger partial charge on any atom is 0.179 e. The van der Waals surface area contributed by atoms with Gasteiger partial charge in [-0.1, -0.05) is 29.8 Å². The molecule has 2 nitrogen and oxygen atoms in total. The number of benzene rings is 1. The van der Waals surface area contributed by atoms with E-state index in [0.29, 0.717) is 0 Å². The highest BCUT2D eigenvalue weighted by Gasteiger charge is 2.11. The van der Waals surface area contributed by atoms with Crippen molar-refractivity contribution >= 4 is 5.78 Å². The van der Waals surface area contributed by atoms with Crippen molar-refractivity contribution in [3.8, 4) is 0 Å². The first-order valence-corrected chi connectivity index (χ1v) is 4.43. The van der Waals surface area contributed by atoms with E-state index in [1.807, 2.05) is 38.1 Å². The molecule has 0 saturated carbocycles. The first kappa shape index (κ1) is 9.93. The summed E-state index contributed by atoms with van der Waals surface area (Å²) in [4.78, 5) is 11.6. The van der Waals surface area contributed by atoms with E-state index in [1.54, 1.807) is 7.05 Å². The molecule has 1 aromatic rings. The molecule has 0 aliphatic carbocycles. The number of carbonyl (C=O) groups excluding carboxylic acids is 1. The Morgan fingerprint density at radius 3 is 2.31 bits per heavy atom. The van der Waals surface area contributed by atoms with E-state index in [0.717, 1.165) is 5.56 Å². The molecule has 1 N–H and O–H groups in total. The quantitative estimate of drug-likeness (QED) is 0.713. The molecule has 13 heavy (non-hydrogen) atoms. The number of aryl methyl sites for hydroxylation is 1. The Morgan fingerprint density at radius 1 is 1.31 bits per heavy atom. The zero-order valence-electron chi connectivity index (χ0n) is 8.29. The maximum absolute atomic E-state index is 11.6. The van der Waals surface area contributed by atoms with Crippen molar-refractivity contribution in [3.05, 3.63) is 35.4 Å². The van der Waals surface area contributed by atoms with Crippen LogP contribution in [0, 0.1) is 6.92 Å². The van der Waals surface area contributed by atoms with Gasteiger partial charge in [-0.05, 0) is 20.9 Å². The third-order valence-electron chi connectivity index (χ3n) is 2.16. The van der Waals surface area contributed by atoms with Crippen LogP contribution in [0.4, 0.5) is 0 Å². The summed E-state index contributed by atoms with van der Waals surface area (Å²) in [5, 5.41) is 2.93. The Bertz CT molecular complexity index is 289. The van der Waals surface area contributed by atoms with Gasteiger partial charge in [0.25, 0.3) is 0 Å². The molecular formula is C11H15NO. The Morgan fingerprint density at radius 2 is 1.85 bits per heavy atom. The molecule has 70 valence electrons. The number of likely N-dealkylation sites (N-methyl/N-ethyl adjacent to an activating group) is 1. The van der Waals surface area contributed by atoms with Crippen LogP contribution < -0.4 is 5.32 Å². The van der Waals surface area contributed by atoms with Crippen LogP contribution in [0.3, 0.4) is 0 Å². The van der Waals surface area contributed by atoms with Gasteiger partial charge in [-0.3, -0.25) is 4.79 Å². The van der Waals surface area contributed by atoms with E-state index in [9.17, 15) is 4.79 Å². The Hall–Kier alpha value is -1.15. The average Bonchev–Trinajstić information content (AvgIpc) is 2.17. The largest absolute Gasteiger partial charge is 0.310 e. The highest BCUT2D eigenvalue weighted by molar-refractivity contribution is 5.99. The third-order valence-corrected chi connectivity index (χ3v) is 2.16. The average molecular weight is 177 g/mol. The summed E-state index contributed by atoms with van der Waals surface area (Å²) in [7, 11) is 1.79. The minimum atomic E-state index is -0.109. The van der Waals surface area contributed by atoms with Crippen LogP contribution in [-0.2, 0) is 0 Å². The Balaban J connectivity index is 2.83. The number of carbonyl (C=O) groups is 1. The molecular weight excluding hydrogens is 162 g/mol. The number of nitrogens with one attached hydrogen (secondary N) is 1. The molecule has 0 amide bonds.